The average molecular weight is 418 g/mol. The number of nitrogens with one attached hydrogen (secondary N) is 1. The monoisotopic (exact) mass is 417 g/mol. The second-order valence-corrected chi connectivity index (χ2v) is 8.34. The summed E-state index contributed by atoms with van der Waals surface area (Å²) >= 11 is 1.45. The first-order valence-electron chi connectivity index (χ1n) is 9.99. The fraction of sp³-hybridized carbons (Fsp3) is 0.208. The molecule has 2 aromatic carbocycles. The van der Waals surface area contributed by atoms with Gasteiger partial charge in [0, 0.05) is 17.1 Å². The molecule has 1 atom stereocenters. The van der Waals surface area contributed by atoms with E-state index in [1.54, 1.807) is 23.2 Å². The van der Waals surface area contributed by atoms with Gasteiger partial charge >= 0.3 is 0 Å². The lowest BCUT2D eigenvalue weighted by Gasteiger charge is -2.23. The predicted octanol–water partition coefficient (Wildman–Crippen LogP) is 4.33. The minimum absolute atomic E-state index is 0.0124. The van der Waals surface area contributed by atoms with Crippen molar-refractivity contribution in [2.45, 2.75) is 35.7 Å². The van der Waals surface area contributed by atoms with E-state index in [2.05, 4.69) is 22.4 Å². The molecule has 1 aromatic heterocycles. The lowest BCUT2D eigenvalue weighted by molar-refractivity contribution is -0.120. The van der Waals surface area contributed by atoms with E-state index in [1.807, 2.05) is 49.4 Å². The molecule has 0 spiro atoms. The van der Waals surface area contributed by atoms with Crippen LogP contribution in [0.15, 0.2) is 82.8 Å². The highest BCUT2D eigenvalue weighted by Gasteiger charge is 2.29. The maximum atomic E-state index is 13.2. The van der Waals surface area contributed by atoms with Crippen LogP contribution in [0.1, 0.15) is 29.3 Å². The third-order valence-electron chi connectivity index (χ3n) is 5.03. The van der Waals surface area contributed by atoms with E-state index in [4.69, 9.17) is 0 Å². The lowest BCUT2D eigenvalue weighted by Crippen LogP contribution is -2.43. The van der Waals surface area contributed by atoms with Gasteiger partial charge in [0.15, 0.2) is 0 Å². The molecule has 1 unspecified atom stereocenters. The Bertz CT molecular complexity index is 1060. The van der Waals surface area contributed by atoms with Gasteiger partial charge in [0.05, 0.1) is 11.3 Å². The van der Waals surface area contributed by atoms with Gasteiger partial charge < -0.3 is 5.32 Å². The van der Waals surface area contributed by atoms with Crippen LogP contribution in [0, 0.1) is 0 Å². The SMILES string of the molecule is CC(CCc1ccccc1)NC(=O)CN1C(=O)c2cccnc2Sc2ccccc21. The highest BCUT2D eigenvalue weighted by molar-refractivity contribution is 7.99. The Labute approximate surface area is 180 Å². The number of anilines is 1. The maximum absolute atomic E-state index is 13.2. The Balaban J connectivity index is 1.47. The van der Waals surface area contributed by atoms with E-state index in [1.165, 1.54) is 17.3 Å². The Morgan fingerprint density at radius 2 is 1.83 bits per heavy atom. The molecule has 0 saturated carbocycles. The number of hydrogen-bond donors (Lipinski definition) is 1. The highest BCUT2D eigenvalue weighted by atomic mass is 32.2. The molecule has 1 aliphatic rings. The molecule has 2 amide bonds. The largest absolute Gasteiger partial charge is 0.352 e. The summed E-state index contributed by atoms with van der Waals surface area (Å²) in [5.74, 6) is -0.376. The molecule has 0 bridgehead atoms. The van der Waals surface area contributed by atoms with Gasteiger partial charge in [0.25, 0.3) is 5.91 Å². The summed E-state index contributed by atoms with van der Waals surface area (Å²) in [6, 6.07) is 21.4. The minimum atomic E-state index is -0.206. The number of nitrogens with zero attached hydrogens (tertiary/aromatic N) is 2. The van der Waals surface area contributed by atoms with Crippen molar-refractivity contribution >= 4 is 29.3 Å². The number of pyridine rings is 1. The van der Waals surface area contributed by atoms with Crippen LogP contribution in [0.4, 0.5) is 5.69 Å². The first kappa shape index (κ1) is 20.2. The predicted molar refractivity (Wildman–Crippen MR) is 119 cm³/mol. The third kappa shape index (κ3) is 4.54. The number of aromatic nitrogens is 1. The summed E-state index contributed by atoms with van der Waals surface area (Å²) in [6.45, 7) is 1.97. The second-order valence-electron chi connectivity index (χ2n) is 7.31. The number of hydrogen-bond acceptors (Lipinski definition) is 4. The van der Waals surface area contributed by atoms with Crippen molar-refractivity contribution in [3.8, 4) is 0 Å². The van der Waals surface area contributed by atoms with Crippen LogP contribution in [0.3, 0.4) is 0 Å². The third-order valence-corrected chi connectivity index (χ3v) is 6.11. The topological polar surface area (TPSA) is 62.3 Å². The zero-order chi connectivity index (χ0) is 20.9. The molecule has 5 nitrogen and oxygen atoms in total. The maximum Gasteiger partial charge on any atom is 0.261 e. The van der Waals surface area contributed by atoms with Crippen LogP contribution < -0.4 is 10.2 Å². The molecule has 6 heteroatoms. The summed E-state index contributed by atoms with van der Waals surface area (Å²) in [4.78, 5) is 32.8. The summed E-state index contributed by atoms with van der Waals surface area (Å²) in [6.07, 6.45) is 3.41. The summed E-state index contributed by atoms with van der Waals surface area (Å²) < 4.78 is 0. The molecular weight excluding hydrogens is 394 g/mol. The van der Waals surface area contributed by atoms with Crippen molar-refractivity contribution in [1.29, 1.82) is 0 Å². The van der Waals surface area contributed by atoms with Crippen molar-refractivity contribution in [3.05, 3.63) is 84.1 Å². The summed E-state index contributed by atoms with van der Waals surface area (Å²) in [5.41, 5.74) is 2.50. The van der Waals surface area contributed by atoms with Crippen LogP contribution >= 0.6 is 11.8 Å². The van der Waals surface area contributed by atoms with Gasteiger partial charge in [-0.3, -0.25) is 14.5 Å². The van der Waals surface area contributed by atoms with E-state index in [9.17, 15) is 9.59 Å². The molecule has 1 N–H and O–H groups in total. The van der Waals surface area contributed by atoms with E-state index in [0.717, 1.165) is 23.4 Å². The molecular formula is C24H23N3O2S. The van der Waals surface area contributed by atoms with Gasteiger partial charge in [-0.2, -0.15) is 0 Å². The second kappa shape index (κ2) is 9.13. The fourth-order valence-corrected chi connectivity index (χ4v) is 4.50. The minimum Gasteiger partial charge on any atom is -0.352 e. The first-order chi connectivity index (χ1) is 14.6. The van der Waals surface area contributed by atoms with Gasteiger partial charge in [-0.15, -0.1) is 0 Å². The standard InChI is InChI=1S/C24H23N3O2S/c1-17(13-14-18-8-3-2-4-9-18)26-22(28)16-27-20-11-5-6-12-21(20)30-23-19(24(27)29)10-7-15-25-23/h2-12,15,17H,13-14,16H2,1H3,(H,26,28). The van der Waals surface area contributed by atoms with Gasteiger partial charge in [0.2, 0.25) is 5.91 Å². The Morgan fingerprint density at radius 3 is 2.67 bits per heavy atom. The molecule has 3 aromatic rings. The van der Waals surface area contributed by atoms with Crippen LogP contribution in [-0.2, 0) is 11.2 Å². The zero-order valence-corrected chi connectivity index (χ0v) is 17.6. The molecule has 152 valence electrons. The van der Waals surface area contributed by atoms with E-state index in [0.29, 0.717) is 10.6 Å². The van der Waals surface area contributed by atoms with Crippen LogP contribution in [0.5, 0.6) is 0 Å². The van der Waals surface area contributed by atoms with Crippen LogP contribution in [-0.4, -0.2) is 29.4 Å². The van der Waals surface area contributed by atoms with E-state index < -0.39 is 0 Å². The smallest absolute Gasteiger partial charge is 0.261 e. The number of aryl methyl sites for hydroxylation is 1. The number of carbonyl (C=O) groups excluding carboxylic acids is 2. The van der Waals surface area contributed by atoms with Crippen molar-refractivity contribution < 1.29 is 9.59 Å². The Hall–Kier alpha value is -3.12. The molecule has 0 radical (unpaired) electrons. The first-order valence-corrected chi connectivity index (χ1v) is 10.8. The fourth-order valence-electron chi connectivity index (χ4n) is 3.48. The molecule has 30 heavy (non-hydrogen) atoms. The molecule has 0 saturated heterocycles. The number of amides is 2. The Morgan fingerprint density at radius 1 is 1.07 bits per heavy atom. The van der Waals surface area contributed by atoms with E-state index >= 15 is 0 Å². The number of para-hydroxylation sites is 1. The normalized spacial score (nSPS) is 13.8. The molecule has 0 fully saturated rings. The summed E-state index contributed by atoms with van der Waals surface area (Å²) in [7, 11) is 0. The lowest BCUT2D eigenvalue weighted by atomic mass is 10.1. The summed E-state index contributed by atoms with van der Waals surface area (Å²) in [5, 5.41) is 3.70. The van der Waals surface area contributed by atoms with E-state index in [-0.39, 0.29) is 24.4 Å². The number of rotatable bonds is 6. The van der Waals surface area contributed by atoms with Crippen LogP contribution in [0.25, 0.3) is 0 Å². The number of carbonyl (C=O) groups is 2. The van der Waals surface area contributed by atoms with Crippen molar-refractivity contribution in [2.75, 3.05) is 11.4 Å². The number of benzene rings is 2. The Kier molecular flexibility index (Phi) is 6.14. The molecule has 0 aliphatic carbocycles. The van der Waals surface area contributed by atoms with Gasteiger partial charge in [-0.1, -0.05) is 54.2 Å². The van der Waals surface area contributed by atoms with Crippen LogP contribution in [0.2, 0.25) is 0 Å². The highest BCUT2D eigenvalue weighted by Crippen LogP contribution is 2.39. The number of fused-ring (bicyclic) bond motifs is 2. The quantitative estimate of drug-likeness (QED) is 0.648. The van der Waals surface area contributed by atoms with Gasteiger partial charge in [-0.25, -0.2) is 4.98 Å². The van der Waals surface area contributed by atoms with Crippen molar-refractivity contribution in [3.63, 3.8) is 0 Å². The van der Waals surface area contributed by atoms with Crippen molar-refractivity contribution in [1.82, 2.24) is 10.3 Å². The molecule has 2 heterocycles. The molecule has 4 rings (SSSR count). The molecule has 1 aliphatic heterocycles. The van der Waals surface area contributed by atoms with Gasteiger partial charge in [-0.05, 0) is 49.6 Å². The van der Waals surface area contributed by atoms with Crippen molar-refractivity contribution in [2.24, 2.45) is 0 Å². The zero-order valence-electron chi connectivity index (χ0n) is 16.7. The van der Waals surface area contributed by atoms with Gasteiger partial charge in [0.1, 0.15) is 11.6 Å². The average Bonchev–Trinajstić information content (AvgIpc) is 2.88.